The fourth-order valence-corrected chi connectivity index (χ4v) is 14.3. The SMILES string of the molecule is CC[Si](CC)(CC)OC1C(C)CCCC2OC2CC(C(C)=Cc2csc(C)n2)OC(=O)CC(O[Si](CC)(CC)CC)C(C)(C)C(=O)C1C. The van der Waals surface area contributed by atoms with Crippen LogP contribution in [0, 0.1) is 24.2 Å². The molecule has 3 heterocycles. The molecule has 7 nitrogen and oxygen atoms in total. The lowest BCUT2D eigenvalue weighted by Crippen LogP contribution is -2.53. The van der Waals surface area contributed by atoms with Crippen molar-refractivity contribution in [2.75, 3.05) is 0 Å². The highest BCUT2D eigenvalue weighted by atomic mass is 32.1. The van der Waals surface area contributed by atoms with E-state index in [1.807, 2.05) is 39.2 Å². The molecule has 7 atom stereocenters. The highest BCUT2D eigenvalue weighted by Gasteiger charge is 2.49. The molecule has 2 aliphatic heterocycles. The maximum absolute atomic E-state index is 14.9. The quantitative estimate of drug-likeness (QED) is 0.121. The van der Waals surface area contributed by atoms with Crippen LogP contribution in [0.5, 0.6) is 0 Å². The van der Waals surface area contributed by atoms with E-state index < -0.39 is 34.3 Å². The molecule has 0 bridgehead atoms. The van der Waals surface area contributed by atoms with Gasteiger partial charge in [-0.1, -0.05) is 75.7 Å². The van der Waals surface area contributed by atoms with Crippen LogP contribution in [0.15, 0.2) is 11.0 Å². The topological polar surface area (TPSA) is 87.2 Å². The number of carbonyl (C=O) groups is 2. The second kappa shape index (κ2) is 17.8. The maximum atomic E-state index is 14.9. The first-order valence-electron chi connectivity index (χ1n) is 19.0. The summed E-state index contributed by atoms with van der Waals surface area (Å²) in [5.41, 5.74) is 0.922. The third-order valence-electron chi connectivity index (χ3n) is 12.0. The summed E-state index contributed by atoms with van der Waals surface area (Å²) in [6.45, 7) is 25.7. The summed E-state index contributed by atoms with van der Waals surface area (Å²) in [7, 11) is -4.21. The molecule has 3 rings (SSSR count). The van der Waals surface area contributed by atoms with Crippen LogP contribution in [0.3, 0.4) is 0 Å². The number of epoxide rings is 1. The third-order valence-corrected chi connectivity index (χ3v) is 22.1. The van der Waals surface area contributed by atoms with Gasteiger partial charge in [0.05, 0.1) is 41.5 Å². The van der Waals surface area contributed by atoms with Crippen LogP contribution in [0.25, 0.3) is 6.08 Å². The fourth-order valence-electron chi connectivity index (χ4n) is 7.75. The van der Waals surface area contributed by atoms with Gasteiger partial charge in [0.15, 0.2) is 16.6 Å². The Morgan fingerprint density at radius 2 is 1.54 bits per heavy atom. The second-order valence-corrected chi connectivity index (χ2v) is 25.8. The van der Waals surface area contributed by atoms with Gasteiger partial charge in [-0.3, -0.25) is 9.59 Å². The number of esters is 1. The van der Waals surface area contributed by atoms with Crippen LogP contribution in [0.1, 0.15) is 119 Å². The number of cyclic esters (lactones) is 1. The van der Waals surface area contributed by atoms with Gasteiger partial charge in [0, 0.05) is 23.1 Å². The molecule has 274 valence electrons. The van der Waals surface area contributed by atoms with Gasteiger partial charge in [0.2, 0.25) is 0 Å². The normalized spacial score (nSPS) is 29.8. The predicted molar refractivity (Wildman–Crippen MR) is 203 cm³/mol. The molecule has 1 aromatic heterocycles. The van der Waals surface area contributed by atoms with Crippen molar-refractivity contribution in [2.24, 2.45) is 17.3 Å². The number of carbonyl (C=O) groups excluding carboxylic acids is 2. The van der Waals surface area contributed by atoms with E-state index in [1.165, 1.54) is 0 Å². The lowest BCUT2D eigenvalue weighted by atomic mass is 9.73. The average molecular weight is 722 g/mol. The maximum Gasteiger partial charge on any atom is 0.309 e. The van der Waals surface area contributed by atoms with Crippen LogP contribution < -0.4 is 0 Å². The van der Waals surface area contributed by atoms with E-state index in [1.54, 1.807) is 11.3 Å². The number of Topliss-reactive ketones (excluding diaryl/α,β-unsaturated/α-hetero) is 1. The first-order chi connectivity index (χ1) is 22.6. The first-order valence-corrected chi connectivity index (χ1v) is 24.9. The number of nitrogens with zero attached hydrogens (tertiary/aromatic N) is 1. The molecule has 48 heavy (non-hydrogen) atoms. The Morgan fingerprint density at radius 1 is 0.958 bits per heavy atom. The Hall–Kier alpha value is -1.18. The zero-order chi connectivity index (χ0) is 35.9. The Balaban J connectivity index is 2.05. The minimum absolute atomic E-state index is 0.0351. The van der Waals surface area contributed by atoms with E-state index in [2.05, 4.69) is 60.4 Å². The van der Waals surface area contributed by atoms with E-state index in [4.69, 9.17) is 18.3 Å². The molecule has 0 spiro atoms. The van der Waals surface area contributed by atoms with E-state index in [0.717, 1.165) is 71.8 Å². The molecule has 0 saturated carbocycles. The molecule has 0 N–H and O–H groups in total. The van der Waals surface area contributed by atoms with Crippen molar-refractivity contribution in [1.82, 2.24) is 4.98 Å². The standard InChI is InChI=1S/C38H67NO6SSi2/c1-13-47(14-2,15-3)44-34-24-35(40)43-32(27(8)22-30-25-46-29(10)39-30)23-33-31(42-33)21-19-20-26(7)36(28(9)37(41)38(34,11)12)45-48(16-4,17-5)18-6/h22,25-26,28,31-34,36H,13-21,23-24H2,1-12H3. The molecule has 0 amide bonds. The predicted octanol–water partition coefficient (Wildman–Crippen LogP) is 10.1. The van der Waals surface area contributed by atoms with Crippen molar-refractivity contribution in [2.45, 2.75) is 182 Å². The van der Waals surface area contributed by atoms with Gasteiger partial charge in [-0.05, 0) is 80.5 Å². The number of aryl methyl sites for hydroxylation is 1. The summed E-state index contributed by atoms with van der Waals surface area (Å²) in [5, 5.41) is 3.03. The lowest BCUT2D eigenvalue weighted by Gasteiger charge is -2.44. The van der Waals surface area contributed by atoms with Crippen LogP contribution >= 0.6 is 11.3 Å². The monoisotopic (exact) mass is 721 g/mol. The fraction of sp³-hybridized carbons (Fsp3) is 0.816. The molecule has 10 heteroatoms. The molecule has 2 saturated heterocycles. The summed E-state index contributed by atoms with van der Waals surface area (Å²) in [4.78, 5) is 33.5. The summed E-state index contributed by atoms with van der Waals surface area (Å²) in [5.74, 6) is -0.307. The molecular weight excluding hydrogens is 655 g/mol. The van der Waals surface area contributed by atoms with Gasteiger partial charge in [-0.2, -0.15) is 0 Å². The zero-order valence-electron chi connectivity index (χ0n) is 32.3. The number of ether oxygens (including phenoxy) is 2. The summed E-state index contributed by atoms with van der Waals surface area (Å²) in [6, 6.07) is 5.92. The van der Waals surface area contributed by atoms with Crippen molar-refractivity contribution in [3.05, 3.63) is 21.7 Å². The van der Waals surface area contributed by atoms with E-state index in [-0.39, 0.29) is 48.3 Å². The van der Waals surface area contributed by atoms with Gasteiger partial charge >= 0.3 is 5.97 Å². The van der Waals surface area contributed by atoms with Crippen LogP contribution in [0.4, 0.5) is 0 Å². The number of hydrogen-bond donors (Lipinski definition) is 0. The third kappa shape index (κ3) is 10.2. The number of rotatable bonds is 12. The largest absolute Gasteiger partial charge is 0.458 e. The molecule has 0 radical (unpaired) electrons. The number of thiazole rings is 1. The number of hydrogen-bond acceptors (Lipinski definition) is 8. The van der Waals surface area contributed by atoms with Crippen molar-refractivity contribution in [3.8, 4) is 0 Å². The first kappa shape index (κ1) is 41.2. The van der Waals surface area contributed by atoms with Crippen LogP contribution in [-0.4, -0.2) is 63.9 Å². The Kier molecular flexibility index (Phi) is 15.3. The number of fused-ring (bicyclic) bond motifs is 1. The average Bonchev–Trinajstić information content (AvgIpc) is 3.68. The van der Waals surface area contributed by atoms with Crippen molar-refractivity contribution in [1.29, 1.82) is 0 Å². The second-order valence-electron chi connectivity index (χ2n) is 15.3. The van der Waals surface area contributed by atoms with Crippen molar-refractivity contribution < 1.29 is 27.9 Å². The summed E-state index contributed by atoms with van der Waals surface area (Å²) in [6.07, 6.45) is 4.65. The van der Waals surface area contributed by atoms with Gasteiger partial charge in [-0.15, -0.1) is 11.3 Å². The number of aromatic nitrogens is 1. The van der Waals surface area contributed by atoms with Gasteiger partial charge < -0.3 is 18.3 Å². The molecule has 2 aliphatic rings. The molecule has 7 unspecified atom stereocenters. The van der Waals surface area contributed by atoms with Gasteiger partial charge in [0.25, 0.3) is 0 Å². The number of ketones is 1. The Morgan fingerprint density at radius 3 is 2.08 bits per heavy atom. The Labute approximate surface area is 298 Å². The molecule has 0 aromatic carbocycles. The van der Waals surface area contributed by atoms with Crippen molar-refractivity contribution in [3.63, 3.8) is 0 Å². The van der Waals surface area contributed by atoms with Crippen LogP contribution in [-0.2, 0) is 27.9 Å². The van der Waals surface area contributed by atoms with Crippen molar-refractivity contribution >= 4 is 45.8 Å². The molecular formula is C38H67NO6SSi2. The van der Waals surface area contributed by atoms with E-state index >= 15 is 0 Å². The van der Waals surface area contributed by atoms with E-state index in [0.29, 0.717) is 6.42 Å². The zero-order valence-corrected chi connectivity index (χ0v) is 35.1. The highest BCUT2D eigenvalue weighted by Crippen LogP contribution is 2.41. The smallest absolute Gasteiger partial charge is 0.309 e. The highest BCUT2D eigenvalue weighted by molar-refractivity contribution is 7.09. The Bertz CT molecular complexity index is 1210. The lowest BCUT2D eigenvalue weighted by molar-refractivity contribution is -0.153. The molecule has 0 aliphatic carbocycles. The molecule has 2 fully saturated rings. The summed E-state index contributed by atoms with van der Waals surface area (Å²) < 4.78 is 26.9. The van der Waals surface area contributed by atoms with Gasteiger partial charge in [0.1, 0.15) is 11.9 Å². The van der Waals surface area contributed by atoms with Gasteiger partial charge in [-0.25, -0.2) is 4.98 Å². The molecule has 1 aromatic rings. The van der Waals surface area contributed by atoms with Crippen LogP contribution in [0.2, 0.25) is 36.3 Å². The van der Waals surface area contributed by atoms with E-state index in [9.17, 15) is 9.59 Å². The minimum atomic E-state index is -2.20. The summed E-state index contributed by atoms with van der Waals surface area (Å²) >= 11 is 1.61. The minimum Gasteiger partial charge on any atom is -0.458 e.